The molecule has 164 valence electrons. The van der Waals surface area contributed by atoms with Gasteiger partial charge in [-0.3, -0.25) is 4.79 Å². The minimum absolute atomic E-state index is 0.0174. The van der Waals surface area contributed by atoms with E-state index in [0.29, 0.717) is 42.9 Å². The highest BCUT2D eigenvalue weighted by Crippen LogP contribution is 2.35. The second-order valence-corrected chi connectivity index (χ2v) is 7.86. The van der Waals surface area contributed by atoms with Gasteiger partial charge in [0.15, 0.2) is 18.1 Å². The topological polar surface area (TPSA) is 77.0 Å². The van der Waals surface area contributed by atoms with E-state index in [0.717, 1.165) is 22.8 Å². The second-order valence-electron chi connectivity index (χ2n) is 7.42. The lowest BCUT2D eigenvalue weighted by Gasteiger charge is -2.34. The lowest BCUT2D eigenvalue weighted by Crippen LogP contribution is -2.50. The molecule has 0 aliphatic carbocycles. The molecule has 0 saturated carbocycles. The van der Waals surface area contributed by atoms with Gasteiger partial charge >= 0.3 is 0 Å². The summed E-state index contributed by atoms with van der Waals surface area (Å²) < 4.78 is 16.4. The quantitative estimate of drug-likeness (QED) is 0.588. The SMILES string of the molecule is O=C(COc1cccc(Cl)c1)N1CCN(c2nccc(-c3ccc4c(c3)OCO4)n2)CC1. The number of anilines is 1. The number of aromatic nitrogens is 2. The van der Waals surface area contributed by atoms with E-state index in [1.165, 1.54) is 0 Å². The first-order valence-corrected chi connectivity index (χ1v) is 10.7. The molecule has 2 aliphatic heterocycles. The fraction of sp³-hybridized carbons (Fsp3) is 0.261. The van der Waals surface area contributed by atoms with Crippen molar-refractivity contribution in [1.29, 1.82) is 0 Å². The third-order valence-corrected chi connectivity index (χ3v) is 5.62. The van der Waals surface area contributed by atoms with Gasteiger partial charge in [0.1, 0.15) is 5.75 Å². The monoisotopic (exact) mass is 452 g/mol. The number of ether oxygens (including phenoxy) is 3. The van der Waals surface area contributed by atoms with Gasteiger partial charge in [-0.05, 0) is 42.5 Å². The zero-order chi connectivity index (χ0) is 21.9. The Balaban J connectivity index is 1.19. The highest BCUT2D eigenvalue weighted by atomic mass is 35.5. The van der Waals surface area contributed by atoms with Crippen LogP contribution in [-0.2, 0) is 4.79 Å². The van der Waals surface area contributed by atoms with Crippen molar-refractivity contribution in [2.45, 2.75) is 0 Å². The van der Waals surface area contributed by atoms with Crippen LogP contribution in [0, 0.1) is 0 Å². The summed E-state index contributed by atoms with van der Waals surface area (Å²) in [6.45, 7) is 2.67. The molecule has 0 atom stereocenters. The molecule has 3 aromatic rings. The molecule has 1 fully saturated rings. The van der Waals surface area contributed by atoms with E-state index in [2.05, 4.69) is 9.88 Å². The number of carbonyl (C=O) groups is 1. The molecule has 2 aliphatic rings. The van der Waals surface area contributed by atoms with Crippen molar-refractivity contribution in [2.75, 3.05) is 44.5 Å². The van der Waals surface area contributed by atoms with Crippen molar-refractivity contribution in [2.24, 2.45) is 0 Å². The number of benzene rings is 2. The highest BCUT2D eigenvalue weighted by Gasteiger charge is 2.23. The minimum Gasteiger partial charge on any atom is -0.484 e. The standard InChI is InChI=1S/C23H21ClN4O4/c24-17-2-1-3-18(13-17)30-14-22(29)27-8-10-28(11-9-27)23-25-7-6-19(26-23)16-4-5-20-21(12-16)32-15-31-20/h1-7,12-13H,8-11,14-15H2. The summed E-state index contributed by atoms with van der Waals surface area (Å²) in [6.07, 6.45) is 1.75. The zero-order valence-electron chi connectivity index (χ0n) is 17.2. The van der Waals surface area contributed by atoms with E-state index in [4.69, 9.17) is 30.8 Å². The third-order valence-electron chi connectivity index (χ3n) is 5.38. The predicted octanol–water partition coefficient (Wildman–Crippen LogP) is 3.25. The van der Waals surface area contributed by atoms with Crippen molar-refractivity contribution in [3.05, 3.63) is 59.8 Å². The van der Waals surface area contributed by atoms with E-state index in [-0.39, 0.29) is 19.3 Å². The summed E-state index contributed by atoms with van der Waals surface area (Å²) >= 11 is 5.95. The fourth-order valence-corrected chi connectivity index (χ4v) is 3.85. The Hall–Kier alpha value is -3.52. The number of hydrogen-bond acceptors (Lipinski definition) is 7. The van der Waals surface area contributed by atoms with Gasteiger partial charge in [-0.25, -0.2) is 9.97 Å². The zero-order valence-corrected chi connectivity index (χ0v) is 18.0. The molecule has 0 radical (unpaired) electrons. The van der Waals surface area contributed by atoms with Crippen LogP contribution in [0.3, 0.4) is 0 Å². The normalized spacial score (nSPS) is 15.0. The molecular weight excluding hydrogens is 432 g/mol. The summed E-state index contributed by atoms with van der Waals surface area (Å²) in [6, 6.07) is 14.7. The van der Waals surface area contributed by atoms with Crippen LogP contribution in [0.25, 0.3) is 11.3 Å². The molecule has 1 aromatic heterocycles. The molecule has 2 aromatic carbocycles. The van der Waals surface area contributed by atoms with E-state index in [9.17, 15) is 4.79 Å². The number of halogens is 1. The molecule has 3 heterocycles. The van der Waals surface area contributed by atoms with E-state index < -0.39 is 0 Å². The second kappa shape index (κ2) is 8.92. The molecule has 0 unspecified atom stereocenters. The van der Waals surface area contributed by atoms with Crippen LogP contribution >= 0.6 is 11.6 Å². The highest BCUT2D eigenvalue weighted by molar-refractivity contribution is 6.30. The molecule has 0 N–H and O–H groups in total. The maximum Gasteiger partial charge on any atom is 0.260 e. The Kier molecular flexibility index (Phi) is 5.68. The van der Waals surface area contributed by atoms with Crippen molar-refractivity contribution in [3.63, 3.8) is 0 Å². The molecule has 0 bridgehead atoms. The van der Waals surface area contributed by atoms with Crippen molar-refractivity contribution < 1.29 is 19.0 Å². The van der Waals surface area contributed by atoms with Crippen LogP contribution in [-0.4, -0.2) is 60.4 Å². The largest absolute Gasteiger partial charge is 0.484 e. The van der Waals surface area contributed by atoms with Gasteiger partial charge in [-0.1, -0.05) is 17.7 Å². The number of hydrogen-bond donors (Lipinski definition) is 0. The van der Waals surface area contributed by atoms with E-state index >= 15 is 0 Å². The maximum atomic E-state index is 12.5. The molecule has 1 saturated heterocycles. The van der Waals surface area contributed by atoms with Crippen molar-refractivity contribution in [1.82, 2.24) is 14.9 Å². The van der Waals surface area contributed by atoms with E-state index in [1.807, 2.05) is 24.3 Å². The maximum absolute atomic E-state index is 12.5. The van der Waals surface area contributed by atoms with Crippen LogP contribution in [0.4, 0.5) is 5.95 Å². The number of rotatable bonds is 5. The first-order chi connectivity index (χ1) is 15.7. The Bertz CT molecular complexity index is 1130. The van der Waals surface area contributed by atoms with Gasteiger partial charge in [0.2, 0.25) is 12.7 Å². The minimum atomic E-state index is -0.0559. The fourth-order valence-electron chi connectivity index (χ4n) is 3.67. The molecule has 1 amide bonds. The van der Waals surface area contributed by atoms with Gasteiger partial charge in [0, 0.05) is 43.0 Å². The molecule has 32 heavy (non-hydrogen) atoms. The van der Waals surface area contributed by atoms with Gasteiger partial charge < -0.3 is 24.0 Å². The Morgan fingerprint density at radius 2 is 1.88 bits per heavy atom. The Morgan fingerprint density at radius 3 is 2.72 bits per heavy atom. The molecule has 0 spiro atoms. The number of carbonyl (C=O) groups excluding carboxylic acids is 1. The van der Waals surface area contributed by atoms with E-state index in [1.54, 1.807) is 35.4 Å². The summed E-state index contributed by atoms with van der Waals surface area (Å²) in [5.74, 6) is 2.62. The molecule has 8 nitrogen and oxygen atoms in total. The molecule has 5 rings (SSSR count). The van der Waals surface area contributed by atoms with Gasteiger partial charge in [-0.15, -0.1) is 0 Å². The van der Waals surface area contributed by atoms with Crippen molar-refractivity contribution in [3.8, 4) is 28.5 Å². The first-order valence-electron chi connectivity index (χ1n) is 10.3. The lowest BCUT2D eigenvalue weighted by atomic mass is 10.1. The third kappa shape index (κ3) is 4.40. The van der Waals surface area contributed by atoms with Gasteiger partial charge in [0.25, 0.3) is 5.91 Å². The molecular formula is C23H21ClN4O4. The Labute approximate surface area is 190 Å². The average Bonchev–Trinajstić information content (AvgIpc) is 3.31. The van der Waals surface area contributed by atoms with Crippen LogP contribution in [0.15, 0.2) is 54.7 Å². The number of nitrogens with zero attached hydrogens (tertiary/aromatic N) is 4. The molecule has 9 heteroatoms. The Morgan fingerprint density at radius 1 is 1.03 bits per heavy atom. The van der Waals surface area contributed by atoms with Gasteiger partial charge in [-0.2, -0.15) is 0 Å². The van der Waals surface area contributed by atoms with Gasteiger partial charge in [0.05, 0.1) is 5.69 Å². The predicted molar refractivity (Wildman–Crippen MR) is 119 cm³/mol. The summed E-state index contributed by atoms with van der Waals surface area (Å²) in [7, 11) is 0. The number of amides is 1. The van der Waals surface area contributed by atoms with Crippen LogP contribution in [0.1, 0.15) is 0 Å². The summed E-state index contributed by atoms with van der Waals surface area (Å²) in [5.41, 5.74) is 1.74. The van der Waals surface area contributed by atoms with Crippen molar-refractivity contribution >= 4 is 23.5 Å². The van der Waals surface area contributed by atoms with Crippen LogP contribution in [0.5, 0.6) is 17.2 Å². The van der Waals surface area contributed by atoms with Crippen LogP contribution < -0.4 is 19.1 Å². The number of fused-ring (bicyclic) bond motifs is 1. The summed E-state index contributed by atoms with van der Waals surface area (Å²) in [5, 5.41) is 0.576. The number of piperazine rings is 1. The lowest BCUT2D eigenvalue weighted by molar-refractivity contribution is -0.133. The average molecular weight is 453 g/mol. The summed E-state index contributed by atoms with van der Waals surface area (Å²) in [4.78, 5) is 25.6. The van der Waals surface area contributed by atoms with Crippen LogP contribution in [0.2, 0.25) is 5.02 Å². The smallest absolute Gasteiger partial charge is 0.260 e. The first kappa shape index (κ1) is 20.4.